The third-order valence-corrected chi connectivity index (χ3v) is 3.66. The summed E-state index contributed by atoms with van der Waals surface area (Å²) in [6, 6.07) is 0. The van der Waals surface area contributed by atoms with Crippen LogP contribution in [-0.2, 0) is 4.74 Å². The molecule has 2 saturated heterocycles. The molecule has 0 radical (unpaired) electrons. The second-order valence-corrected chi connectivity index (χ2v) is 4.65. The average molecular weight is 200 g/mol. The number of hydrogen-bond donors (Lipinski definition) is 2. The quantitative estimate of drug-likeness (QED) is 0.634. The molecule has 0 saturated carbocycles. The summed E-state index contributed by atoms with van der Waals surface area (Å²) >= 11 is 0. The van der Waals surface area contributed by atoms with Gasteiger partial charge in [0.25, 0.3) is 0 Å². The summed E-state index contributed by atoms with van der Waals surface area (Å²) in [5, 5.41) is 10.2. The topological polar surface area (TPSA) is 58.7 Å². The maximum atomic E-state index is 10.2. The Morgan fingerprint density at radius 2 is 2.21 bits per heavy atom. The standard InChI is InChI=1S/C10H20N2O2/c1-2-12-5-3-4-9(11,6-12)10(13)7-14-8-10/h13H,2-8,11H2,1H3. The highest BCUT2D eigenvalue weighted by Crippen LogP contribution is 2.34. The summed E-state index contributed by atoms with van der Waals surface area (Å²) < 4.78 is 5.08. The molecule has 0 aromatic rings. The van der Waals surface area contributed by atoms with Gasteiger partial charge in [0.2, 0.25) is 0 Å². The minimum Gasteiger partial charge on any atom is -0.383 e. The van der Waals surface area contributed by atoms with Crippen LogP contribution in [0.25, 0.3) is 0 Å². The van der Waals surface area contributed by atoms with Gasteiger partial charge in [-0.05, 0) is 25.9 Å². The second kappa shape index (κ2) is 3.45. The van der Waals surface area contributed by atoms with Gasteiger partial charge in [0.1, 0.15) is 5.60 Å². The van der Waals surface area contributed by atoms with Gasteiger partial charge in [0.05, 0.1) is 18.8 Å². The predicted molar refractivity (Wildman–Crippen MR) is 54.0 cm³/mol. The summed E-state index contributed by atoms with van der Waals surface area (Å²) in [6.45, 7) is 5.85. The van der Waals surface area contributed by atoms with Crippen molar-refractivity contribution in [2.45, 2.75) is 30.9 Å². The molecular weight excluding hydrogens is 180 g/mol. The van der Waals surface area contributed by atoms with Gasteiger partial charge in [0, 0.05) is 6.54 Å². The fourth-order valence-corrected chi connectivity index (χ4v) is 2.41. The van der Waals surface area contributed by atoms with E-state index in [0.29, 0.717) is 13.2 Å². The Morgan fingerprint density at radius 1 is 1.50 bits per heavy atom. The molecule has 2 heterocycles. The Kier molecular flexibility index (Phi) is 2.55. The monoisotopic (exact) mass is 200 g/mol. The number of likely N-dealkylation sites (tertiary alicyclic amines) is 1. The molecule has 0 aromatic heterocycles. The van der Waals surface area contributed by atoms with Crippen LogP contribution in [0.1, 0.15) is 19.8 Å². The van der Waals surface area contributed by atoms with E-state index in [9.17, 15) is 5.11 Å². The number of ether oxygens (including phenoxy) is 1. The van der Waals surface area contributed by atoms with Crippen LogP contribution < -0.4 is 5.73 Å². The molecule has 4 nitrogen and oxygen atoms in total. The molecule has 2 fully saturated rings. The third kappa shape index (κ3) is 1.46. The van der Waals surface area contributed by atoms with Crippen LogP contribution >= 0.6 is 0 Å². The summed E-state index contributed by atoms with van der Waals surface area (Å²) in [5.74, 6) is 0. The zero-order valence-corrected chi connectivity index (χ0v) is 8.83. The Balaban J connectivity index is 2.06. The van der Waals surface area contributed by atoms with Crippen molar-refractivity contribution in [3.05, 3.63) is 0 Å². The van der Waals surface area contributed by atoms with Crippen molar-refractivity contribution in [1.82, 2.24) is 4.90 Å². The molecule has 0 bridgehead atoms. The molecule has 0 spiro atoms. The SMILES string of the molecule is CCN1CCCC(N)(C2(O)COC2)C1. The molecule has 2 rings (SSSR count). The van der Waals surface area contributed by atoms with Crippen LogP contribution in [0.4, 0.5) is 0 Å². The molecular formula is C10H20N2O2. The van der Waals surface area contributed by atoms with Crippen molar-refractivity contribution in [3.63, 3.8) is 0 Å². The molecule has 14 heavy (non-hydrogen) atoms. The number of aliphatic hydroxyl groups is 1. The van der Waals surface area contributed by atoms with E-state index in [4.69, 9.17) is 10.5 Å². The van der Waals surface area contributed by atoms with Gasteiger partial charge in [-0.25, -0.2) is 0 Å². The van der Waals surface area contributed by atoms with Crippen molar-refractivity contribution >= 4 is 0 Å². The lowest BCUT2D eigenvalue weighted by molar-refractivity contribution is -0.222. The fraction of sp³-hybridized carbons (Fsp3) is 1.00. The van der Waals surface area contributed by atoms with E-state index in [2.05, 4.69) is 11.8 Å². The van der Waals surface area contributed by atoms with Crippen molar-refractivity contribution in [1.29, 1.82) is 0 Å². The largest absolute Gasteiger partial charge is 0.383 e. The third-order valence-electron chi connectivity index (χ3n) is 3.66. The Labute approximate surface area is 85.0 Å². The molecule has 2 aliphatic rings. The lowest BCUT2D eigenvalue weighted by Crippen LogP contribution is -2.74. The van der Waals surface area contributed by atoms with Crippen molar-refractivity contribution < 1.29 is 9.84 Å². The number of nitrogens with zero attached hydrogens (tertiary/aromatic N) is 1. The van der Waals surface area contributed by atoms with E-state index in [1.807, 2.05) is 0 Å². The van der Waals surface area contributed by atoms with E-state index in [1.165, 1.54) is 0 Å². The maximum Gasteiger partial charge on any atom is 0.130 e. The molecule has 3 N–H and O–H groups in total. The van der Waals surface area contributed by atoms with Crippen LogP contribution in [-0.4, -0.2) is 54.0 Å². The van der Waals surface area contributed by atoms with Crippen molar-refractivity contribution in [2.75, 3.05) is 32.8 Å². The first-order valence-corrected chi connectivity index (χ1v) is 5.41. The van der Waals surface area contributed by atoms with Crippen LogP contribution in [0, 0.1) is 0 Å². The first-order valence-electron chi connectivity index (χ1n) is 5.41. The highest BCUT2D eigenvalue weighted by Gasteiger charge is 2.54. The van der Waals surface area contributed by atoms with E-state index >= 15 is 0 Å². The van der Waals surface area contributed by atoms with Crippen LogP contribution in [0.3, 0.4) is 0 Å². The molecule has 0 aliphatic carbocycles. The molecule has 0 aromatic carbocycles. The van der Waals surface area contributed by atoms with E-state index in [-0.39, 0.29) is 0 Å². The average Bonchev–Trinajstić information content (AvgIpc) is 2.14. The lowest BCUT2D eigenvalue weighted by atomic mass is 9.73. The minimum atomic E-state index is -0.777. The summed E-state index contributed by atoms with van der Waals surface area (Å²) in [4.78, 5) is 2.31. The van der Waals surface area contributed by atoms with Gasteiger partial charge in [-0.15, -0.1) is 0 Å². The normalized spacial score (nSPS) is 37.9. The first kappa shape index (κ1) is 10.4. The fourth-order valence-electron chi connectivity index (χ4n) is 2.41. The number of piperidine rings is 1. The van der Waals surface area contributed by atoms with E-state index in [0.717, 1.165) is 32.5 Å². The Morgan fingerprint density at radius 3 is 2.71 bits per heavy atom. The summed E-state index contributed by atoms with van der Waals surface area (Å²) in [7, 11) is 0. The van der Waals surface area contributed by atoms with E-state index < -0.39 is 11.1 Å². The molecule has 4 heteroatoms. The van der Waals surface area contributed by atoms with Crippen molar-refractivity contribution in [3.8, 4) is 0 Å². The number of hydrogen-bond acceptors (Lipinski definition) is 4. The molecule has 1 atom stereocenters. The van der Waals surface area contributed by atoms with Gasteiger partial charge in [-0.2, -0.15) is 0 Å². The lowest BCUT2D eigenvalue weighted by Gasteiger charge is -2.53. The van der Waals surface area contributed by atoms with Gasteiger partial charge in [0.15, 0.2) is 0 Å². The number of likely N-dealkylation sites (N-methyl/N-ethyl adjacent to an activating group) is 1. The van der Waals surface area contributed by atoms with Gasteiger partial charge < -0.3 is 20.5 Å². The second-order valence-electron chi connectivity index (χ2n) is 4.65. The zero-order chi connectivity index (χ0) is 10.2. The number of nitrogens with two attached hydrogens (primary N) is 1. The van der Waals surface area contributed by atoms with Gasteiger partial charge in [-0.1, -0.05) is 6.92 Å². The zero-order valence-electron chi connectivity index (χ0n) is 8.83. The van der Waals surface area contributed by atoms with Crippen LogP contribution in [0.5, 0.6) is 0 Å². The predicted octanol–water partition coefficient (Wildman–Crippen LogP) is -0.439. The minimum absolute atomic E-state index is 0.404. The smallest absolute Gasteiger partial charge is 0.130 e. The van der Waals surface area contributed by atoms with E-state index in [1.54, 1.807) is 0 Å². The first-order chi connectivity index (χ1) is 6.60. The summed E-state index contributed by atoms with van der Waals surface area (Å²) in [6.07, 6.45) is 1.98. The Bertz CT molecular complexity index is 218. The van der Waals surface area contributed by atoms with Crippen LogP contribution in [0.15, 0.2) is 0 Å². The van der Waals surface area contributed by atoms with Gasteiger partial charge in [-0.3, -0.25) is 0 Å². The Hall–Kier alpha value is -0.160. The molecule has 82 valence electrons. The summed E-state index contributed by atoms with van der Waals surface area (Å²) in [5.41, 5.74) is 5.06. The highest BCUT2D eigenvalue weighted by molar-refractivity contribution is 5.10. The van der Waals surface area contributed by atoms with Crippen molar-refractivity contribution in [2.24, 2.45) is 5.73 Å². The molecule has 0 amide bonds. The van der Waals surface area contributed by atoms with Gasteiger partial charge >= 0.3 is 0 Å². The van der Waals surface area contributed by atoms with Crippen LogP contribution in [0.2, 0.25) is 0 Å². The molecule has 1 unspecified atom stereocenters. The highest BCUT2D eigenvalue weighted by atomic mass is 16.5. The number of rotatable bonds is 2. The maximum absolute atomic E-state index is 10.2. The molecule has 2 aliphatic heterocycles.